The third kappa shape index (κ3) is 5.32. The molecule has 1 N–H and O–H groups in total. The molecule has 1 aromatic carbocycles. The van der Waals surface area contributed by atoms with E-state index in [2.05, 4.69) is 5.32 Å². The Morgan fingerprint density at radius 1 is 0.960 bits per heavy atom. The standard InChI is InChI=1S/C21H30N2O2/c24-20(16-18-6-4-5-7-18)22-13-10-17-11-14-23(15-12-17)21(25)19-8-2-1-3-9-19/h1-3,8-9,17-18H,4-7,10-16H2,(H,22,24). The maximum absolute atomic E-state index is 12.4. The van der Waals surface area contributed by atoms with Crippen molar-refractivity contribution in [1.29, 1.82) is 0 Å². The van der Waals surface area contributed by atoms with Gasteiger partial charge >= 0.3 is 0 Å². The summed E-state index contributed by atoms with van der Waals surface area (Å²) in [6, 6.07) is 9.52. The number of likely N-dealkylation sites (tertiary alicyclic amines) is 1. The van der Waals surface area contributed by atoms with Gasteiger partial charge in [-0.05, 0) is 56.1 Å². The van der Waals surface area contributed by atoms with E-state index in [0.717, 1.165) is 44.5 Å². The van der Waals surface area contributed by atoms with Crippen LogP contribution < -0.4 is 5.32 Å². The fourth-order valence-corrected chi connectivity index (χ4v) is 4.15. The Balaban J connectivity index is 1.32. The lowest BCUT2D eigenvalue weighted by Gasteiger charge is -2.32. The van der Waals surface area contributed by atoms with Crippen molar-refractivity contribution in [3.8, 4) is 0 Å². The van der Waals surface area contributed by atoms with E-state index in [1.54, 1.807) is 0 Å². The Morgan fingerprint density at radius 3 is 2.32 bits per heavy atom. The average molecular weight is 342 g/mol. The molecule has 1 aromatic rings. The van der Waals surface area contributed by atoms with Gasteiger partial charge in [0.1, 0.15) is 0 Å². The van der Waals surface area contributed by atoms with Gasteiger partial charge in [-0.2, -0.15) is 0 Å². The number of hydrogen-bond donors (Lipinski definition) is 1. The molecule has 0 spiro atoms. The number of hydrogen-bond acceptors (Lipinski definition) is 2. The van der Waals surface area contributed by atoms with Crippen LogP contribution in [0.1, 0.15) is 61.7 Å². The van der Waals surface area contributed by atoms with E-state index < -0.39 is 0 Å². The zero-order chi connectivity index (χ0) is 17.5. The molecule has 2 aliphatic rings. The molecule has 1 saturated carbocycles. The Kier molecular flexibility index (Phi) is 6.48. The lowest BCUT2D eigenvalue weighted by Crippen LogP contribution is -2.39. The summed E-state index contributed by atoms with van der Waals surface area (Å²) in [6.07, 6.45) is 8.85. The highest BCUT2D eigenvalue weighted by molar-refractivity contribution is 5.94. The monoisotopic (exact) mass is 342 g/mol. The predicted molar refractivity (Wildman–Crippen MR) is 99.3 cm³/mol. The molecule has 2 amide bonds. The highest BCUT2D eigenvalue weighted by Crippen LogP contribution is 2.27. The molecule has 4 nitrogen and oxygen atoms in total. The van der Waals surface area contributed by atoms with Gasteiger partial charge in [-0.25, -0.2) is 0 Å². The second-order valence-electron chi connectivity index (χ2n) is 7.59. The number of carbonyl (C=O) groups excluding carboxylic acids is 2. The van der Waals surface area contributed by atoms with Crippen LogP contribution in [0.25, 0.3) is 0 Å². The Labute approximate surface area is 151 Å². The molecule has 0 radical (unpaired) electrons. The minimum absolute atomic E-state index is 0.143. The van der Waals surface area contributed by atoms with Crippen LogP contribution in [0.2, 0.25) is 0 Å². The fraction of sp³-hybridized carbons (Fsp3) is 0.619. The zero-order valence-electron chi connectivity index (χ0n) is 15.1. The van der Waals surface area contributed by atoms with Gasteiger partial charge in [-0.15, -0.1) is 0 Å². The lowest BCUT2D eigenvalue weighted by atomic mass is 9.93. The number of rotatable bonds is 6. The predicted octanol–water partition coefficient (Wildman–Crippen LogP) is 3.63. The summed E-state index contributed by atoms with van der Waals surface area (Å²) >= 11 is 0. The molecule has 3 rings (SSSR count). The van der Waals surface area contributed by atoms with E-state index in [9.17, 15) is 9.59 Å². The molecule has 4 heteroatoms. The molecule has 25 heavy (non-hydrogen) atoms. The van der Waals surface area contributed by atoms with Crippen molar-refractivity contribution in [1.82, 2.24) is 10.2 Å². The van der Waals surface area contributed by atoms with E-state index in [1.165, 1.54) is 25.7 Å². The molecule has 2 fully saturated rings. The second kappa shape index (κ2) is 9.02. The first kappa shape index (κ1) is 18.0. The SMILES string of the molecule is O=C(CC1CCCC1)NCCC1CCN(C(=O)c2ccccc2)CC1. The summed E-state index contributed by atoms with van der Waals surface area (Å²) in [5.41, 5.74) is 0.778. The van der Waals surface area contributed by atoms with Crippen molar-refractivity contribution < 1.29 is 9.59 Å². The van der Waals surface area contributed by atoms with Crippen LogP contribution in [0.5, 0.6) is 0 Å². The summed E-state index contributed by atoms with van der Waals surface area (Å²) in [6.45, 7) is 2.44. The quantitative estimate of drug-likeness (QED) is 0.858. The van der Waals surface area contributed by atoms with Gasteiger partial charge in [0.25, 0.3) is 5.91 Å². The van der Waals surface area contributed by atoms with Gasteiger partial charge in [0.15, 0.2) is 0 Å². The Morgan fingerprint density at radius 2 is 1.64 bits per heavy atom. The van der Waals surface area contributed by atoms with Crippen LogP contribution in [0, 0.1) is 11.8 Å². The van der Waals surface area contributed by atoms with Crippen LogP contribution in [-0.2, 0) is 4.79 Å². The summed E-state index contributed by atoms with van der Waals surface area (Å²) in [5, 5.41) is 3.10. The summed E-state index contributed by atoms with van der Waals surface area (Å²) in [4.78, 5) is 26.4. The largest absolute Gasteiger partial charge is 0.356 e. The molecule has 136 valence electrons. The van der Waals surface area contributed by atoms with Gasteiger partial charge in [-0.3, -0.25) is 9.59 Å². The molecule has 0 atom stereocenters. The second-order valence-corrected chi connectivity index (χ2v) is 7.59. The first-order valence-corrected chi connectivity index (χ1v) is 9.83. The average Bonchev–Trinajstić information content (AvgIpc) is 3.15. The van der Waals surface area contributed by atoms with Crippen molar-refractivity contribution >= 4 is 11.8 Å². The molecule has 1 aliphatic carbocycles. The maximum Gasteiger partial charge on any atom is 0.253 e. The molecular formula is C21H30N2O2. The zero-order valence-corrected chi connectivity index (χ0v) is 15.1. The Bertz CT molecular complexity index is 559. The number of piperidine rings is 1. The van der Waals surface area contributed by atoms with E-state index in [0.29, 0.717) is 18.3 Å². The van der Waals surface area contributed by atoms with E-state index in [4.69, 9.17) is 0 Å². The van der Waals surface area contributed by atoms with Crippen molar-refractivity contribution in [2.24, 2.45) is 11.8 Å². The first-order valence-electron chi connectivity index (χ1n) is 9.83. The highest BCUT2D eigenvalue weighted by atomic mass is 16.2. The van der Waals surface area contributed by atoms with Gasteiger partial charge in [0.05, 0.1) is 0 Å². The van der Waals surface area contributed by atoms with Gasteiger partial charge in [0.2, 0.25) is 5.91 Å². The van der Waals surface area contributed by atoms with Crippen LogP contribution >= 0.6 is 0 Å². The van der Waals surface area contributed by atoms with Crippen molar-refractivity contribution in [3.63, 3.8) is 0 Å². The van der Waals surface area contributed by atoms with Crippen molar-refractivity contribution in [3.05, 3.63) is 35.9 Å². The van der Waals surface area contributed by atoms with Crippen LogP contribution in [0.3, 0.4) is 0 Å². The summed E-state index contributed by atoms with van der Waals surface area (Å²) in [5.74, 6) is 1.60. The van der Waals surface area contributed by atoms with E-state index >= 15 is 0 Å². The maximum atomic E-state index is 12.4. The molecule has 1 heterocycles. The minimum Gasteiger partial charge on any atom is -0.356 e. The number of nitrogens with zero attached hydrogens (tertiary/aromatic N) is 1. The fourth-order valence-electron chi connectivity index (χ4n) is 4.15. The van der Waals surface area contributed by atoms with E-state index in [1.807, 2.05) is 35.2 Å². The smallest absolute Gasteiger partial charge is 0.253 e. The van der Waals surface area contributed by atoms with Crippen LogP contribution in [-0.4, -0.2) is 36.3 Å². The number of nitrogens with one attached hydrogen (secondary N) is 1. The topological polar surface area (TPSA) is 49.4 Å². The van der Waals surface area contributed by atoms with Crippen LogP contribution in [0.15, 0.2) is 30.3 Å². The third-order valence-corrected chi connectivity index (χ3v) is 5.75. The molecule has 1 saturated heterocycles. The Hall–Kier alpha value is -1.84. The number of carbonyl (C=O) groups is 2. The third-order valence-electron chi connectivity index (χ3n) is 5.75. The lowest BCUT2D eigenvalue weighted by molar-refractivity contribution is -0.122. The first-order chi connectivity index (χ1) is 12.2. The molecular weight excluding hydrogens is 312 g/mol. The summed E-state index contributed by atoms with van der Waals surface area (Å²) < 4.78 is 0. The van der Waals surface area contributed by atoms with Crippen molar-refractivity contribution in [2.75, 3.05) is 19.6 Å². The van der Waals surface area contributed by atoms with Crippen LogP contribution in [0.4, 0.5) is 0 Å². The molecule has 0 unspecified atom stereocenters. The number of benzene rings is 1. The van der Waals surface area contributed by atoms with Crippen molar-refractivity contribution in [2.45, 2.75) is 51.4 Å². The molecule has 0 aromatic heterocycles. The van der Waals surface area contributed by atoms with E-state index in [-0.39, 0.29) is 11.8 Å². The normalized spacial score (nSPS) is 19.1. The van der Waals surface area contributed by atoms with Gasteiger partial charge in [-0.1, -0.05) is 31.0 Å². The van der Waals surface area contributed by atoms with Gasteiger partial charge in [0, 0.05) is 31.6 Å². The molecule has 1 aliphatic heterocycles. The van der Waals surface area contributed by atoms with Gasteiger partial charge < -0.3 is 10.2 Å². The highest BCUT2D eigenvalue weighted by Gasteiger charge is 2.23. The summed E-state index contributed by atoms with van der Waals surface area (Å²) in [7, 11) is 0. The molecule has 0 bridgehead atoms. The number of amides is 2. The minimum atomic E-state index is 0.143.